The van der Waals surface area contributed by atoms with Crippen LogP contribution in [-0.4, -0.2) is 98.2 Å². The maximum absolute atomic E-state index is 12.7. The Hall–Kier alpha value is -3.26. The second kappa shape index (κ2) is 11.8. The third-order valence-electron chi connectivity index (χ3n) is 8.90. The Bertz CT molecular complexity index is 1270. The molecule has 0 unspecified atom stereocenters. The van der Waals surface area contributed by atoms with Crippen molar-refractivity contribution in [2.24, 2.45) is 23.7 Å². The highest BCUT2D eigenvalue weighted by Crippen LogP contribution is 2.53. The maximum atomic E-state index is 12.7. The summed E-state index contributed by atoms with van der Waals surface area (Å²) in [5.41, 5.74) is 1.70. The van der Waals surface area contributed by atoms with Crippen molar-refractivity contribution in [1.29, 1.82) is 0 Å². The highest BCUT2D eigenvalue weighted by atomic mass is 16.7. The minimum Gasteiger partial charge on any atom is -0.504 e. The van der Waals surface area contributed by atoms with Crippen LogP contribution in [0.2, 0.25) is 0 Å². The van der Waals surface area contributed by atoms with E-state index in [4.69, 9.17) is 18.9 Å². The standard InChI is InChI=1S/C30H36O12/c1-12-8-19(34)24-14(3)29(38)42-27(24)23-13(2)20(10-16(12)23)39-30-28(26(37)25(36)21(11-31)40-30)41-22(35)7-5-15-4-6-17(32)18(33)9-15/h4-7,9,14,16,19-21,23-28,30-34,36-37H,1-2,8,10-11H2,3H3/t14-,16+,19+,20+,21-,23+,24-,25-,26+,27-,28-,30-/m1/s1. The second-order valence-corrected chi connectivity index (χ2v) is 11.5. The van der Waals surface area contributed by atoms with Gasteiger partial charge in [-0.25, -0.2) is 4.79 Å². The zero-order valence-corrected chi connectivity index (χ0v) is 23.0. The number of aromatic hydroxyl groups is 2. The third-order valence-corrected chi connectivity index (χ3v) is 8.90. The Morgan fingerprint density at radius 1 is 1.14 bits per heavy atom. The molecule has 5 rings (SSSR count). The van der Waals surface area contributed by atoms with Crippen LogP contribution in [0.3, 0.4) is 0 Å². The summed E-state index contributed by atoms with van der Waals surface area (Å²) < 4.78 is 23.1. The number of phenols is 2. The zero-order valence-electron chi connectivity index (χ0n) is 23.0. The number of rotatable bonds is 6. The van der Waals surface area contributed by atoms with Crippen molar-refractivity contribution in [2.45, 2.75) is 68.8 Å². The van der Waals surface area contributed by atoms with Gasteiger partial charge in [0, 0.05) is 17.9 Å². The molecular weight excluding hydrogens is 552 g/mol. The molecule has 228 valence electrons. The molecule has 12 atom stereocenters. The van der Waals surface area contributed by atoms with Crippen molar-refractivity contribution >= 4 is 18.0 Å². The van der Waals surface area contributed by atoms with Crippen LogP contribution in [-0.2, 0) is 28.5 Å². The molecule has 12 heteroatoms. The third kappa shape index (κ3) is 5.46. The molecule has 0 amide bonds. The molecule has 1 aromatic carbocycles. The first kappa shape index (κ1) is 30.2. The Balaban J connectivity index is 1.35. The lowest BCUT2D eigenvalue weighted by Crippen LogP contribution is -2.60. The van der Waals surface area contributed by atoms with E-state index in [1.54, 1.807) is 6.92 Å². The van der Waals surface area contributed by atoms with Gasteiger partial charge in [-0.05, 0) is 48.1 Å². The van der Waals surface area contributed by atoms with E-state index in [9.17, 15) is 40.2 Å². The lowest BCUT2D eigenvalue weighted by molar-refractivity contribution is -0.310. The molecule has 2 aliphatic carbocycles. The molecule has 0 aromatic heterocycles. The molecule has 0 spiro atoms. The first-order valence-corrected chi connectivity index (χ1v) is 13.8. The molecule has 0 bridgehead atoms. The van der Waals surface area contributed by atoms with Gasteiger partial charge in [0.1, 0.15) is 24.4 Å². The molecule has 42 heavy (non-hydrogen) atoms. The number of aliphatic hydroxyl groups is 4. The molecule has 4 fully saturated rings. The van der Waals surface area contributed by atoms with Gasteiger partial charge in [-0.15, -0.1) is 0 Å². The van der Waals surface area contributed by atoms with E-state index in [1.807, 2.05) is 0 Å². The number of carbonyl (C=O) groups is 2. The predicted molar refractivity (Wildman–Crippen MR) is 144 cm³/mol. The normalized spacial score (nSPS) is 40.0. The van der Waals surface area contributed by atoms with Gasteiger partial charge in [0.2, 0.25) is 0 Å². The highest BCUT2D eigenvalue weighted by Gasteiger charge is 2.58. The van der Waals surface area contributed by atoms with Gasteiger partial charge >= 0.3 is 11.9 Å². The first-order chi connectivity index (χ1) is 19.9. The van der Waals surface area contributed by atoms with Crippen molar-refractivity contribution in [3.05, 3.63) is 54.1 Å². The average molecular weight is 589 g/mol. The van der Waals surface area contributed by atoms with Gasteiger partial charge in [0.05, 0.1) is 24.7 Å². The summed E-state index contributed by atoms with van der Waals surface area (Å²) in [5, 5.41) is 61.0. The monoisotopic (exact) mass is 588 g/mol. The molecule has 12 nitrogen and oxygen atoms in total. The summed E-state index contributed by atoms with van der Waals surface area (Å²) in [6.07, 6.45) is -6.61. The Morgan fingerprint density at radius 3 is 2.57 bits per heavy atom. The van der Waals surface area contributed by atoms with Gasteiger partial charge in [-0.2, -0.15) is 0 Å². The topological polar surface area (TPSA) is 192 Å². The lowest BCUT2D eigenvalue weighted by Gasteiger charge is -2.42. The van der Waals surface area contributed by atoms with Crippen LogP contribution >= 0.6 is 0 Å². The van der Waals surface area contributed by atoms with Gasteiger partial charge in [0.15, 0.2) is 23.9 Å². The van der Waals surface area contributed by atoms with Crippen LogP contribution in [0.5, 0.6) is 11.5 Å². The van der Waals surface area contributed by atoms with E-state index in [-0.39, 0.29) is 23.8 Å². The number of phenolic OH excluding ortho intramolecular Hbond substituents is 2. The van der Waals surface area contributed by atoms with Crippen molar-refractivity contribution in [3.63, 3.8) is 0 Å². The summed E-state index contributed by atoms with van der Waals surface area (Å²) in [5.74, 6) is -3.61. The fourth-order valence-corrected chi connectivity index (χ4v) is 6.62. The van der Waals surface area contributed by atoms with Crippen molar-refractivity contribution in [2.75, 3.05) is 6.61 Å². The summed E-state index contributed by atoms with van der Waals surface area (Å²) >= 11 is 0. The molecule has 2 saturated carbocycles. The molecule has 6 N–H and O–H groups in total. The van der Waals surface area contributed by atoms with Crippen LogP contribution in [0, 0.1) is 23.7 Å². The SMILES string of the molecule is C=C1[C@@H]2[C@H]3OC(=O)[C@H](C)[C@@H]3[C@@H](O)CC(=C)[C@@H]2C[C@@H]1O[C@@H]1O[C@H](CO)[C@@H](O)[C@H](O)[C@H]1OC(=O)C=Cc1ccc(O)c(O)c1. The summed E-state index contributed by atoms with van der Waals surface area (Å²) in [6.45, 7) is 9.47. The van der Waals surface area contributed by atoms with Gasteiger partial charge in [-0.3, -0.25) is 4.79 Å². The number of ether oxygens (including phenoxy) is 4. The number of esters is 2. The highest BCUT2D eigenvalue weighted by molar-refractivity contribution is 5.87. The van der Waals surface area contributed by atoms with Crippen LogP contribution in [0.4, 0.5) is 0 Å². The first-order valence-electron chi connectivity index (χ1n) is 13.8. The number of carbonyl (C=O) groups excluding carboxylic acids is 2. The number of hydrogen-bond donors (Lipinski definition) is 6. The molecule has 2 heterocycles. The smallest absolute Gasteiger partial charge is 0.331 e. The van der Waals surface area contributed by atoms with Crippen molar-refractivity contribution < 1.29 is 59.2 Å². The molecule has 0 radical (unpaired) electrons. The largest absolute Gasteiger partial charge is 0.504 e. The molecule has 2 saturated heterocycles. The van der Waals surface area contributed by atoms with Gasteiger partial charge in [-0.1, -0.05) is 31.7 Å². The minimum atomic E-state index is -1.68. The van der Waals surface area contributed by atoms with Gasteiger partial charge < -0.3 is 49.6 Å². The zero-order chi connectivity index (χ0) is 30.5. The second-order valence-electron chi connectivity index (χ2n) is 11.5. The van der Waals surface area contributed by atoms with E-state index in [1.165, 1.54) is 24.3 Å². The van der Waals surface area contributed by atoms with E-state index in [0.717, 1.165) is 11.6 Å². The Kier molecular flexibility index (Phi) is 8.48. The van der Waals surface area contributed by atoms with Crippen molar-refractivity contribution in [3.8, 4) is 11.5 Å². The predicted octanol–water partition coefficient (Wildman–Crippen LogP) is 0.538. The minimum absolute atomic E-state index is 0.233. The molecule has 4 aliphatic rings. The quantitative estimate of drug-likeness (QED) is 0.117. The number of aliphatic hydroxyl groups excluding tert-OH is 4. The maximum Gasteiger partial charge on any atom is 0.331 e. The van der Waals surface area contributed by atoms with E-state index < -0.39 is 85.3 Å². The van der Waals surface area contributed by atoms with Crippen molar-refractivity contribution in [1.82, 2.24) is 0 Å². The van der Waals surface area contributed by atoms with E-state index in [2.05, 4.69) is 13.2 Å². The average Bonchev–Trinajstić information content (AvgIpc) is 3.39. The summed E-state index contributed by atoms with van der Waals surface area (Å²) in [7, 11) is 0. The van der Waals surface area contributed by atoms with Crippen LogP contribution < -0.4 is 0 Å². The molecule has 1 aromatic rings. The van der Waals surface area contributed by atoms with Crippen LogP contribution in [0.15, 0.2) is 48.6 Å². The Labute approximate surface area is 242 Å². The van der Waals surface area contributed by atoms with E-state index in [0.29, 0.717) is 17.6 Å². The van der Waals surface area contributed by atoms with E-state index >= 15 is 0 Å². The lowest BCUT2D eigenvalue weighted by atomic mass is 9.79. The fraction of sp³-hybridized carbons (Fsp3) is 0.533. The van der Waals surface area contributed by atoms with Crippen LogP contribution in [0.1, 0.15) is 25.3 Å². The number of fused-ring (bicyclic) bond motifs is 3. The van der Waals surface area contributed by atoms with Crippen LogP contribution in [0.25, 0.3) is 6.08 Å². The summed E-state index contributed by atoms with van der Waals surface area (Å²) in [6, 6.07) is 3.92. The summed E-state index contributed by atoms with van der Waals surface area (Å²) in [4.78, 5) is 25.2. The molecular formula is C30H36O12. The van der Waals surface area contributed by atoms with Gasteiger partial charge in [0.25, 0.3) is 0 Å². The molecule has 2 aliphatic heterocycles. The fourth-order valence-electron chi connectivity index (χ4n) is 6.62. The number of benzene rings is 1. The number of hydrogen-bond acceptors (Lipinski definition) is 12. The Morgan fingerprint density at radius 2 is 1.88 bits per heavy atom.